The number of nitrogens with one attached hydrogen (secondary N) is 3. The lowest BCUT2D eigenvalue weighted by atomic mass is 10.1. The number of aliphatic carboxylic acids is 3. The zero-order valence-corrected chi connectivity index (χ0v) is 18.4. The van der Waals surface area contributed by atoms with Crippen LogP contribution in [0.5, 0.6) is 0 Å². The molecule has 3 amide bonds. The molecule has 34 heavy (non-hydrogen) atoms. The predicted octanol–water partition coefficient (Wildman–Crippen LogP) is -3.73. The Hall–Kier alpha value is -3.95. The second kappa shape index (κ2) is 15.8. The highest BCUT2D eigenvalue weighted by Gasteiger charge is 2.25. The maximum absolute atomic E-state index is 12.5. The van der Waals surface area contributed by atoms with Gasteiger partial charge in [-0.25, -0.2) is 4.79 Å². The van der Waals surface area contributed by atoms with Gasteiger partial charge in [0.1, 0.15) is 12.1 Å². The topological polar surface area (TPSA) is 290 Å². The van der Waals surface area contributed by atoms with Gasteiger partial charge in [-0.15, -0.1) is 0 Å². The van der Waals surface area contributed by atoms with E-state index in [2.05, 4.69) is 20.9 Å². The van der Waals surface area contributed by atoms with E-state index in [4.69, 9.17) is 32.5 Å². The summed E-state index contributed by atoms with van der Waals surface area (Å²) in [5, 5.41) is 33.1. The SMILES string of the molecule is NC(N)=NCCCC(NC(=O)C(N)CCC(=O)O)C(=O)NCC(=O)NC(CCC(=O)O)C(=O)O. The van der Waals surface area contributed by atoms with E-state index in [0.717, 1.165) is 0 Å². The summed E-state index contributed by atoms with van der Waals surface area (Å²) in [6.07, 6.45) is -1.08. The average Bonchev–Trinajstić information content (AvgIpc) is 2.74. The summed E-state index contributed by atoms with van der Waals surface area (Å²) >= 11 is 0. The fourth-order valence-corrected chi connectivity index (χ4v) is 2.52. The molecule has 0 rings (SSSR count). The van der Waals surface area contributed by atoms with Crippen molar-refractivity contribution in [2.24, 2.45) is 22.2 Å². The maximum atomic E-state index is 12.5. The van der Waals surface area contributed by atoms with Gasteiger partial charge in [-0.1, -0.05) is 0 Å². The van der Waals surface area contributed by atoms with Crippen LogP contribution < -0.4 is 33.2 Å². The van der Waals surface area contributed by atoms with Crippen molar-refractivity contribution in [1.29, 1.82) is 0 Å². The quantitative estimate of drug-likeness (QED) is 0.0541. The molecule has 12 N–H and O–H groups in total. The van der Waals surface area contributed by atoms with Crippen LogP contribution in [-0.4, -0.2) is 88.1 Å². The number of amides is 3. The predicted molar refractivity (Wildman–Crippen MR) is 116 cm³/mol. The Bertz CT molecular complexity index is 784. The highest BCUT2D eigenvalue weighted by Crippen LogP contribution is 2.02. The molecule has 0 aliphatic rings. The normalized spacial score (nSPS) is 13.0. The molecule has 0 aromatic rings. The van der Waals surface area contributed by atoms with Crippen molar-refractivity contribution in [1.82, 2.24) is 16.0 Å². The van der Waals surface area contributed by atoms with Crippen molar-refractivity contribution in [3.63, 3.8) is 0 Å². The number of carboxylic acid groups (broad SMARTS) is 3. The summed E-state index contributed by atoms with van der Waals surface area (Å²) in [6, 6.07) is -3.84. The van der Waals surface area contributed by atoms with E-state index in [1.165, 1.54) is 0 Å². The number of nitrogens with two attached hydrogens (primary N) is 3. The summed E-state index contributed by atoms with van der Waals surface area (Å²) in [4.78, 5) is 72.9. The molecular weight excluding hydrogens is 458 g/mol. The Kier molecular flexibility index (Phi) is 14.0. The van der Waals surface area contributed by atoms with Crippen molar-refractivity contribution in [3.8, 4) is 0 Å². The van der Waals surface area contributed by atoms with Crippen LogP contribution in [0.1, 0.15) is 38.5 Å². The maximum Gasteiger partial charge on any atom is 0.326 e. The molecule has 0 spiro atoms. The van der Waals surface area contributed by atoms with E-state index < -0.39 is 66.7 Å². The van der Waals surface area contributed by atoms with Gasteiger partial charge < -0.3 is 48.5 Å². The van der Waals surface area contributed by atoms with Crippen LogP contribution in [0.15, 0.2) is 4.99 Å². The summed E-state index contributed by atoms with van der Waals surface area (Å²) in [5.41, 5.74) is 16.1. The fraction of sp³-hybridized carbons (Fsp3) is 0.611. The third kappa shape index (κ3) is 14.2. The van der Waals surface area contributed by atoms with Gasteiger partial charge in [0.25, 0.3) is 0 Å². The summed E-state index contributed by atoms with van der Waals surface area (Å²) in [6.45, 7) is -0.515. The minimum Gasteiger partial charge on any atom is -0.481 e. The lowest BCUT2D eigenvalue weighted by molar-refractivity contribution is -0.143. The van der Waals surface area contributed by atoms with Gasteiger partial charge in [0.15, 0.2) is 5.96 Å². The van der Waals surface area contributed by atoms with Crippen molar-refractivity contribution in [2.75, 3.05) is 13.1 Å². The third-order valence-corrected chi connectivity index (χ3v) is 4.29. The molecule has 0 heterocycles. The fourth-order valence-electron chi connectivity index (χ4n) is 2.52. The van der Waals surface area contributed by atoms with Gasteiger partial charge in [-0.3, -0.25) is 29.0 Å². The van der Waals surface area contributed by atoms with E-state index in [0.29, 0.717) is 0 Å². The zero-order valence-electron chi connectivity index (χ0n) is 18.4. The Morgan fingerprint density at radius 1 is 0.794 bits per heavy atom. The molecular formula is C18H31N7O9. The highest BCUT2D eigenvalue weighted by molar-refractivity contribution is 5.92. The van der Waals surface area contributed by atoms with Crippen LogP contribution in [0.3, 0.4) is 0 Å². The van der Waals surface area contributed by atoms with Crippen molar-refractivity contribution in [3.05, 3.63) is 0 Å². The van der Waals surface area contributed by atoms with E-state index in [1.54, 1.807) is 0 Å². The number of carbonyl (C=O) groups is 6. The number of hydrogen-bond donors (Lipinski definition) is 9. The molecule has 3 unspecified atom stereocenters. The minimum absolute atomic E-state index is 0.0397. The number of aliphatic imine (C=N–C) groups is 1. The molecule has 0 fully saturated rings. The summed E-state index contributed by atoms with van der Waals surface area (Å²) in [7, 11) is 0. The largest absolute Gasteiger partial charge is 0.481 e. The van der Waals surface area contributed by atoms with Crippen molar-refractivity contribution >= 4 is 41.6 Å². The van der Waals surface area contributed by atoms with E-state index in [-0.39, 0.29) is 44.6 Å². The summed E-state index contributed by atoms with van der Waals surface area (Å²) < 4.78 is 0. The summed E-state index contributed by atoms with van der Waals surface area (Å²) in [5.74, 6) is -6.48. The van der Waals surface area contributed by atoms with Gasteiger partial charge in [0, 0.05) is 19.4 Å². The van der Waals surface area contributed by atoms with Gasteiger partial charge in [0.2, 0.25) is 17.7 Å². The lowest BCUT2D eigenvalue weighted by Crippen LogP contribution is -2.53. The van der Waals surface area contributed by atoms with Crippen LogP contribution in [-0.2, 0) is 28.8 Å². The number of rotatable bonds is 17. The second-order valence-corrected chi connectivity index (χ2v) is 7.16. The number of carboxylic acids is 3. The highest BCUT2D eigenvalue weighted by atomic mass is 16.4. The number of guanidine groups is 1. The Morgan fingerprint density at radius 2 is 1.38 bits per heavy atom. The van der Waals surface area contributed by atoms with Crippen LogP contribution in [0.2, 0.25) is 0 Å². The first-order valence-electron chi connectivity index (χ1n) is 10.2. The Morgan fingerprint density at radius 3 is 1.91 bits per heavy atom. The van der Waals surface area contributed by atoms with Gasteiger partial charge in [-0.2, -0.15) is 0 Å². The molecule has 0 aromatic heterocycles. The second-order valence-electron chi connectivity index (χ2n) is 7.16. The number of carbonyl (C=O) groups excluding carboxylic acids is 3. The molecule has 3 atom stereocenters. The lowest BCUT2D eigenvalue weighted by Gasteiger charge is -2.21. The molecule has 16 heteroatoms. The van der Waals surface area contributed by atoms with Gasteiger partial charge in [-0.05, 0) is 25.7 Å². The molecule has 0 radical (unpaired) electrons. The molecule has 0 saturated heterocycles. The smallest absolute Gasteiger partial charge is 0.326 e. The van der Waals surface area contributed by atoms with E-state index in [1.807, 2.05) is 0 Å². The Balaban J connectivity index is 5.00. The molecule has 192 valence electrons. The monoisotopic (exact) mass is 489 g/mol. The standard InChI is InChI=1S/C18H31N7O9/c19-9(3-5-13(27)28)15(31)25-10(2-1-7-22-18(20)21)16(32)23-8-12(26)24-11(17(33)34)4-6-14(29)30/h9-11H,1-8,19H2,(H,23,32)(H,24,26)(H,25,31)(H,27,28)(H,29,30)(H,33,34)(H4,20,21,22). The van der Waals surface area contributed by atoms with E-state index >= 15 is 0 Å². The number of nitrogens with zero attached hydrogens (tertiary/aromatic N) is 1. The zero-order chi connectivity index (χ0) is 26.3. The van der Waals surface area contributed by atoms with Crippen LogP contribution in [0.4, 0.5) is 0 Å². The molecule has 0 bridgehead atoms. The number of hydrogen-bond acceptors (Lipinski definition) is 8. The van der Waals surface area contributed by atoms with Crippen LogP contribution in [0, 0.1) is 0 Å². The van der Waals surface area contributed by atoms with E-state index in [9.17, 15) is 28.8 Å². The Labute approximate surface area is 194 Å². The molecule has 0 saturated carbocycles. The molecule has 0 aromatic carbocycles. The first-order valence-corrected chi connectivity index (χ1v) is 10.2. The van der Waals surface area contributed by atoms with Crippen LogP contribution in [0.25, 0.3) is 0 Å². The van der Waals surface area contributed by atoms with Crippen molar-refractivity contribution < 1.29 is 44.1 Å². The van der Waals surface area contributed by atoms with Gasteiger partial charge in [0.05, 0.1) is 12.6 Å². The van der Waals surface area contributed by atoms with Crippen molar-refractivity contribution in [2.45, 2.75) is 56.7 Å². The molecule has 0 aliphatic heterocycles. The average molecular weight is 489 g/mol. The third-order valence-electron chi connectivity index (χ3n) is 4.29. The van der Waals surface area contributed by atoms with Gasteiger partial charge >= 0.3 is 17.9 Å². The van der Waals surface area contributed by atoms with Crippen LogP contribution >= 0.6 is 0 Å². The first-order chi connectivity index (χ1) is 15.8. The molecule has 16 nitrogen and oxygen atoms in total. The molecule has 0 aliphatic carbocycles. The first kappa shape index (κ1) is 30.1. The minimum atomic E-state index is -1.47.